The van der Waals surface area contributed by atoms with Gasteiger partial charge in [0.2, 0.25) is 0 Å². The van der Waals surface area contributed by atoms with Crippen LogP contribution in [-0.2, 0) is 6.42 Å². The molecule has 0 bridgehead atoms. The molecule has 0 spiro atoms. The van der Waals surface area contributed by atoms with Crippen molar-refractivity contribution in [3.8, 4) is 0 Å². The molecule has 1 atom stereocenters. The number of guanidine groups is 1. The lowest BCUT2D eigenvalue weighted by Crippen LogP contribution is -2.51. The van der Waals surface area contributed by atoms with Crippen molar-refractivity contribution in [2.24, 2.45) is 10.1 Å². The molecule has 1 aliphatic rings. The van der Waals surface area contributed by atoms with E-state index in [9.17, 15) is 10.1 Å². The Labute approximate surface area is 118 Å². The monoisotopic (exact) mass is 302 g/mol. The Balaban J connectivity index is 2.20. The number of likely N-dealkylation sites (N-methyl/N-ethyl adjacent to an activating group) is 2. The number of hydrogen-bond donors (Lipinski definition) is 0. The molecule has 2 rings (SSSR count). The molecule has 0 amide bonds. The number of rotatable bonds is 3. The fraction of sp³-hybridized carbons (Fsp3) is 0.444. The minimum atomic E-state index is -0.755. The van der Waals surface area contributed by atoms with Gasteiger partial charge < -0.3 is 9.80 Å². The molecule has 1 aromatic rings. The predicted octanol–water partition coefficient (Wildman–Crippen LogP) is 1.12. The van der Waals surface area contributed by atoms with Gasteiger partial charge in [0, 0.05) is 31.6 Å². The topological polar surface area (TPSA) is 87.2 Å². The van der Waals surface area contributed by atoms with E-state index in [1.54, 1.807) is 18.1 Å². The molecule has 1 unspecified atom stereocenters. The fourth-order valence-corrected chi connectivity index (χ4v) is 2.73. The van der Waals surface area contributed by atoms with Gasteiger partial charge in [-0.15, -0.1) is 11.3 Å². The predicted molar refractivity (Wildman–Crippen MR) is 73.1 cm³/mol. The van der Waals surface area contributed by atoms with Crippen molar-refractivity contribution in [3.63, 3.8) is 0 Å². The van der Waals surface area contributed by atoms with Crippen LogP contribution in [-0.4, -0.2) is 52.4 Å². The molecular formula is C9H11ClN6O2S. The summed E-state index contributed by atoms with van der Waals surface area (Å²) >= 11 is 7.17. The molecule has 0 fully saturated rings. The summed E-state index contributed by atoms with van der Waals surface area (Å²) in [7, 11) is 3.55. The molecule has 0 aromatic carbocycles. The van der Waals surface area contributed by atoms with Crippen molar-refractivity contribution in [1.82, 2.24) is 14.8 Å². The first kappa shape index (κ1) is 13.7. The van der Waals surface area contributed by atoms with Gasteiger partial charge in [0.25, 0.3) is 5.96 Å². The SMILES string of the molecule is CN1C=NC(=N[N+](=O)[O-])N(C)C1Cc1cnc(Cl)s1. The number of hydrazone groups is 1. The highest BCUT2D eigenvalue weighted by Gasteiger charge is 2.27. The van der Waals surface area contributed by atoms with Gasteiger partial charge in [0.15, 0.2) is 9.50 Å². The van der Waals surface area contributed by atoms with E-state index in [0.29, 0.717) is 10.9 Å². The zero-order valence-electron chi connectivity index (χ0n) is 10.2. The zero-order valence-corrected chi connectivity index (χ0v) is 11.8. The Morgan fingerprint density at radius 2 is 2.37 bits per heavy atom. The fourth-order valence-electron chi connectivity index (χ4n) is 1.73. The summed E-state index contributed by atoms with van der Waals surface area (Å²) in [4.78, 5) is 22.8. The van der Waals surface area contributed by atoms with Crippen molar-refractivity contribution in [2.45, 2.75) is 12.6 Å². The van der Waals surface area contributed by atoms with E-state index < -0.39 is 5.03 Å². The van der Waals surface area contributed by atoms with Crippen molar-refractivity contribution >= 4 is 35.2 Å². The Morgan fingerprint density at radius 1 is 1.63 bits per heavy atom. The van der Waals surface area contributed by atoms with Gasteiger partial charge in [-0.05, 0) is 0 Å². The maximum absolute atomic E-state index is 10.4. The van der Waals surface area contributed by atoms with Crippen LogP contribution >= 0.6 is 22.9 Å². The molecule has 0 saturated heterocycles. The van der Waals surface area contributed by atoms with E-state index in [1.807, 2.05) is 11.9 Å². The number of nitrogens with zero attached hydrogens (tertiary/aromatic N) is 6. The number of thiazole rings is 1. The van der Waals surface area contributed by atoms with Gasteiger partial charge in [-0.25, -0.2) is 15.1 Å². The lowest BCUT2D eigenvalue weighted by molar-refractivity contribution is -0.485. The minimum Gasteiger partial charge on any atom is -0.345 e. The van der Waals surface area contributed by atoms with Gasteiger partial charge in [0.05, 0.1) is 6.34 Å². The molecular weight excluding hydrogens is 292 g/mol. The van der Waals surface area contributed by atoms with Crippen LogP contribution < -0.4 is 0 Å². The number of halogens is 1. The number of nitro groups is 1. The van der Waals surface area contributed by atoms with Crippen LogP contribution in [0.15, 0.2) is 16.3 Å². The highest BCUT2D eigenvalue weighted by Crippen LogP contribution is 2.22. The first-order chi connectivity index (χ1) is 8.97. The van der Waals surface area contributed by atoms with Crippen LogP contribution in [0, 0.1) is 10.1 Å². The number of aromatic nitrogens is 1. The summed E-state index contributed by atoms with van der Waals surface area (Å²) in [6.07, 6.45) is 3.73. The average Bonchev–Trinajstić information content (AvgIpc) is 2.74. The van der Waals surface area contributed by atoms with Crippen LogP contribution in [0.1, 0.15) is 4.88 Å². The summed E-state index contributed by atoms with van der Waals surface area (Å²) in [5.41, 5.74) is 0. The van der Waals surface area contributed by atoms with Gasteiger partial charge in [-0.3, -0.25) is 0 Å². The van der Waals surface area contributed by atoms with E-state index in [4.69, 9.17) is 11.6 Å². The van der Waals surface area contributed by atoms with Crippen molar-refractivity contribution in [3.05, 3.63) is 25.7 Å². The summed E-state index contributed by atoms with van der Waals surface area (Å²) in [6.45, 7) is 0. The second-order valence-electron chi connectivity index (χ2n) is 3.92. The molecule has 2 heterocycles. The highest BCUT2D eigenvalue weighted by atomic mass is 35.5. The minimum absolute atomic E-state index is 0.0729. The van der Waals surface area contributed by atoms with E-state index >= 15 is 0 Å². The number of aliphatic imine (C=N–C) groups is 1. The zero-order chi connectivity index (χ0) is 14.0. The molecule has 102 valence electrons. The average molecular weight is 303 g/mol. The Hall–Kier alpha value is -1.74. The maximum atomic E-state index is 10.4. The van der Waals surface area contributed by atoms with Crippen molar-refractivity contribution < 1.29 is 5.03 Å². The van der Waals surface area contributed by atoms with Gasteiger partial charge in [-0.1, -0.05) is 11.6 Å². The first-order valence-corrected chi connectivity index (χ1v) is 6.49. The summed E-state index contributed by atoms with van der Waals surface area (Å²) < 4.78 is 0.476. The molecule has 10 heteroatoms. The molecule has 0 saturated carbocycles. The standard InChI is InChI=1S/C9H11ClN6O2S/c1-14-5-12-9(13-16(17)18)15(2)7(14)3-6-4-11-8(10)19-6/h4-5,7H,3H2,1-2H3. The summed E-state index contributed by atoms with van der Waals surface area (Å²) in [5.74, 6) is 0.0729. The molecule has 1 aliphatic heterocycles. The quantitative estimate of drug-likeness (QED) is 0.617. The van der Waals surface area contributed by atoms with Gasteiger partial charge >= 0.3 is 0 Å². The van der Waals surface area contributed by atoms with E-state index in [-0.39, 0.29) is 12.1 Å². The van der Waals surface area contributed by atoms with Crippen molar-refractivity contribution in [1.29, 1.82) is 0 Å². The summed E-state index contributed by atoms with van der Waals surface area (Å²) in [6, 6.07) is 0. The molecule has 8 nitrogen and oxygen atoms in total. The Bertz CT molecular complexity index is 545. The second-order valence-corrected chi connectivity index (χ2v) is 5.62. The maximum Gasteiger partial charge on any atom is 0.300 e. The van der Waals surface area contributed by atoms with E-state index in [1.165, 1.54) is 17.7 Å². The third kappa shape index (κ3) is 3.18. The lowest BCUT2D eigenvalue weighted by atomic mass is 10.2. The molecule has 0 radical (unpaired) electrons. The van der Waals surface area contributed by atoms with Crippen molar-refractivity contribution in [2.75, 3.05) is 14.1 Å². The normalized spacial score (nSPS) is 21.2. The molecule has 0 aliphatic carbocycles. The Kier molecular flexibility index (Phi) is 3.96. The number of hydrogen-bond acceptors (Lipinski definition) is 5. The molecule has 0 N–H and O–H groups in total. The molecule has 19 heavy (non-hydrogen) atoms. The van der Waals surface area contributed by atoms with Crippen LogP contribution in [0.5, 0.6) is 0 Å². The Morgan fingerprint density at radius 3 is 2.95 bits per heavy atom. The van der Waals surface area contributed by atoms with E-state index in [2.05, 4.69) is 15.1 Å². The molecule has 1 aromatic heterocycles. The van der Waals surface area contributed by atoms with Crippen LogP contribution in [0.2, 0.25) is 4.47 Å². The second kappa shape index (κ2) is 5.49. The van der Waals surface area contributed by atoms with Crippen LogP contribution in [0.4, 0.5) is 0 Å². The third-order valence-corrected chi connectivity index (χ3v) is 3.81. The van der Waals surface area contributed by atoms with Crippen LogP contribution in [0.3, 0.4) is 0 Å². The van der Waals surface area contributed by atoms with Gasteiger partial charge in [0.1, 0.15) is 11.3 Å². The first-order valence-electron chi connectivity index (χ1n) is 5.29. The largest absolute Gasteiger partial charge is 0.345 e. The van der Waals surface area contributed by atoms with Gasteiger partial charge in [-0.2, -0.15) is 4.99 Å². The summed E-state index contributed by atoms with van der Waals surface area (Å²) in [5, 5.41) is 12.9. The third-order valence-electron chi connectivity index (χ3n) is 2.67. The lowest BCUT2D eigenvalue weighted by Gasteiger charge is -2.36. The highest BCUT2D eigenvalue weighted by molar-refractivity contribution is 7.15. The van der Waals surface area contributed by atoms with Crippen LogP contribution in [0.25, 0.3) is 0 Å². The smallest absolute Gasteiger partial charge is 0.300 e. The van der Waals surface area contributed by atoms with E-state index in [0.717, 1.165) is 4.88 Å².